The van der Waals surface area contributed by atoms with Gasteiger partial charge in [-0.15, -0.1) is 0 Å². The third-order valence-electron chi connectivity index (χ3n) is 4.55. The van der Waals surface area contributed by atoms with E-state index in [-0.39, 0.29) is 23.8 Å². The molecule has 0 bridgehead atoms. The molecule has 2 aliphatic rings. The highest BCUT2D eigenvalue weighted by Crippen LogP contribution is 2.34. The van der Waals surface area contributed by atoms with E-state index in [0.717, 1.165) is 25.5 Å². The molecule has 0 aromatic carbocycles. The van der Waals surface area contributed by atoms with Crippen molar-refractivity contribution in [2.24, 2.45) is 5.41 Å². The Morgan fingerprint density at radius 2 is 2.08 bits per heavy atom. The predicted molar refractivity (Wildman–Crippen MR) is 87.4 cm³/mol. The van der Waals surface area contributed by atoms with E-state index in [1.165, 1.54) is 6.92 Å². The SMILES string of the molecule is CC(=O)NCC(=O)N1CCOCC2(CCN(c3ncccn3)C2)C1. The van der Waals surface area contributed by atoms with Crippen molar-refractivity contribution in [3.8, 4) is 0 Å². The van der Waals surface area contributed by atoms with Crippen molar-refractivity contribution in [1.82, 2.24) is 20.2 Å². The van der Waals surface area contributed by atoms with Crippen LogP contribution in [0.15, 0.2) is 18.5 Å². The summed E-state index contributed by atoms with van der Waals surface area (Å²) in [6.07, 6.45) is 4.40. The van der Waals surface area contributed by atoms with E-state index in [9.17, 15) is 9.59 Å². The van der Waals surface area contributed by atoms with Crippen molar-refractivity contribution >= 4 is 17.8 Å². The van der Waals surface area contributed by atoms with Gasteiger partial charge in [-0.3, -0.25) is 9.59 Å². The monoisotopic (exact) mass is 333 g/mol. The number of amides is 2. The Morgan fingerprint density at radius 3 is 2.83 bits per heavy atom. The number of hydrogen-bond donors (Lipinski definition) is 1. The molecule has 2 saturated heterocycles. The van der Waals surface area contributed by atoms with Gasteiger partial charge in [0.05, 0.1) is 19.8 Å². The van der Waals surface area contributed by atoms with Crippen LogP contribution in [0.4, 0.5) is 5.95 Å². The summed E-state index contributed by atoms with van der Waals surface area (Å²) in [5.74, 6) is 0.455. The number of aromatic nitrogens is 2. The van der Waals surface area contributed by atoms with Gasteiger partial charge in [0.25, 0.3) is 0 Å². The Kier molecular flexibility index (Phi) is 4.94. The van der Waals surface area contributed by atoms with Crippen molar-refractivity contribution in [3.63, 3.8) is 0 Å². The second-order valence-electron chi connectivity index (χ2n) is 6.50. The Balaban J connectivity index is 1.66. The summed E-state index contributed by atoms with van der Waals surface area (Å²) in [5.41, 5.74) is -0.110. The number of hydrogen-bond acceptors (Lipinski definition) is 6. The average molecular weight is 333 g/mol. The lowest BCUT2D eigenvalue weighted by Gasteiger charge is -2.31. The molecule has 130 valence electrons. The highest BCUT2D eigenvalue weighted by Gasteiger charge is 2.42. The normalized spacial score (nSPS) is 24.0. The van der Waals surface area contributed by atoms with Crippen LogP contribution in [0.1, 0.15) is 13.3 Å². The van der Waals surface area contributed by atoms with Crippen LogP contribution in [-0.2, 0) is 14.3 Å². The fraction of sp³-hybridized carbons (Fsp3) is 0.625. The first-order valence-electron chi connectivity index (χ1n) is 8.20. The zero-order valence-electron chi connectivity index (χ0n) is 13.9. The maximum Gasteiger partial charge on any atom is 0.242 e. The molecule has 1 atom stereocenters. The summed E-state index contributed by atoms with van der Waals surface area (Å²) in [6, 6.07) is 1.80. The molecular weight excluding hydrogens is 310 g/mol. The van der Waals surface area contributed by atoms with E-state index < -0.39 is 0 Å². The van der Waals surface area contributed by atoms with Crippen molar-refractivity contribution in [3.05, 3.63) is 18.5 Å². The molecule has 1 N–H and O–H groups in total. The number of anilines is 1. The predicted octanol–water partition coefficient (Wildman–Crippen LogP) is -0.332. The number of nitrogens with zero attached hydrogens (tertiary/aromatic N) is 4. The van der Waals surface area contributed by atoms with Crippen LogP contribution in [-0.4, -0.2) is 72.6 Å². The molecule has 1 aromatic heterocycles. The number of ether oxygens (including phenoxy) is 1. The minimum absolute atomic E-state index is 0.0386. The van der Waals surface area contributed by atoms with E-state index in [0.29, 0.717) is 26.3 Å². The van der Waals surface area contributed by atoms with Gasteiger partial charge in [0.2, 0.25) is 17.8 Å². The van der Waals surface area contributed by atoms with E-state index in [2.05, 4.69) is 20.2 Å². The number of nitrogens with one attached hydrogen (secondary N) is 1. The topological polar surface area (TPSA) is 87.7 Å². The van der Waals surface area contributed by atoms with Crippen LogP contribution in [0.25, 0.3) is 0 Å². The van der Waals surface area contributed by atoms with Crippen LogP contribution in [0.3, 0.4) is 0 Å². The minimum atomic E-state index is -0.197. The first-order valence-corrected chi connectivity index (χ1v) is 8.20. The van der Waals surface area contributed by atoms with Gasteiger partial charge in [-0.2, -0.15) is 0 Å². The van der Waals surface area contributed by atoms with Gasteiger partial charge in [0.1, 0.15) is 0 Å². The molecule has 1 aromatic rings. The van der Waals surface area contributed by atoms with E-state index in [1.54, 1.807) is 23.4 Å². The first kappa shape index (κ1) is 16.6. The van der Waals surface area contributed by atoms with Crippen LogP contribution in [0, 0.1) is 5.41 Å². The Bertz CT molecular complexity index is 597. The quantitative estimate of drug-likeness (QED) is 0.815. The molecule has 1 spiro atoms. The summed E-state index contributed by atoms with van der Waals surface area (Å²) in [7, 11) is 0. The molecule has 8 heteroatoms. The number of rotatable bonds is 3. The summed E-state index contributed by atoms with van der Waals surface area (Å²) in [5, 5.41) is 2.58. The zero-order valence-corrected chi connectivity index (χ0v) is 13.9. The smallest absolute Gasteiger partial charge is 0.242 e. The molecule has 0 saturated carbocycles. The van der Waals surface area contributed by atoms with Crippen molar-refractivity contribution < 1.29 is 14.3 Å². The zero-order chi connectivity index (χ0) is 17.0. The fourth-order valence-corrected chi connectivity index (χ4v) is 3.32. The summed E-state index contributed by atoms with van der Waals surface area (Å²) in [6.45, 7) is 5.40. The highest BCUT2D eigenvalue weighted by atomic mass is 16.5. The van der Waals surface area contributed by atoms with E-state index in [1.807, 2.05) is 0 Å². The van der Waals surface area contributed by atoms with Crippen molar-refractivity contribution in [2.75, 3.05) is 50.8 Å². The number of carbonyl (C=O) groups excluding carboxylic acids is 2. The van der Waals surface area contributed by atoms with Crippen LogP contribution >= 0.6 is 0 Å². The molecule has 2 aliphatic heterocycles. The van der Waals surface area contributed by atoms with Gasteiger partial charge in [-0.1, -0.05) is 0 Å². The molecule has 2 amide bonds. The van der Waals surface area contributed by atoms with Crippen molar-refractivity contribution in [1.29, 1.82) is 0 Å². The second-order valence-corrected chi connectivity index (χ2v) is 6.50. The Labute approximate surface area is 141 Å². The summed E-state index contributed by atoms with van der Waals surface area (Å²) in [4.78, 5) is 36.0. The molecule has 2 fully saturated rings. The van der Waals surface area contributed by atoms with E-state index in [4.69, 9.17) is 4.74 Å². The van der Waals surface area contributed by atoms with Gasteiger partial charge in [0, 0.05) is 50.9 Å². The lowest BCUT2D eigenvalue weighted by Crippen LogP contribution is -2.46. The highest BCUT2D eigenvalue weighted by molar-refractivity contribution is 5.83. The standard InChI is InChI=1S/C16H23N5O3/c1-13(22)19-9-14(23)20-7-8-24-12-16(10-20)3-6-21(11-16)15-17-4-2-5-18-15/h2,4-5H,3,6-12H2,1H3,(H,19,22). The van der Waals surface area contributed by atoms with E-state index >= 15 is 0 Å². The lowest BCUT2D eigenvalue weighted by molar-refractivity contribution is -0.133. The van der Waals surface area contributed by atoms with Crippen molar-refractivity contribution in [2.45, 2.75) is 13.3 Å². The average Bonchev–Trinajstić information content (AvgIpc) is 2.88. The Hall–Kier alpha value is -2.22. The fourth-order valence-electron chi connectivity index (χ4n) is 3.32. The maximum absolute atomic E-state index is 12.4. The second kappa shape index (κ2) is 7.12. The Morgan fingerprint density at radius 1 is 1.29 bits per heavy atom. The molecule has 0 aliphatic carbocycles. The summed E-state index contributed by atoms with van der Waals surface area (Å²) >= 11 is 0. The molecule has 8 nitrogen and oxygen atoms in total. The van der Waals surface area contributed by atoms with Gasteiger partial charge < -0.3 is 19.9 Å². The lowest BCUT2D eigenvalue weighted by atomic mass is 9.87. The van der Waals surface area contributed by atoms with Gasteiger partial charge in [0.15, 0.2) is 0 Å². The van der Waals surface area contributed by atoms with Crippen LogP contribution in [0.2, 0.25) is 0 Å². The van der Waals surface area contributed by atoms with Crippen LogP contribution in [0.5, 0.6) is 0 Å². The molecule has 3 heterocycles. The third-order valence-corrected chi connectivity index (χ3v) is 4.55. The first-order chi connectivity index (χ1) is 11.6. The molecule has 0 radical (unpaired) electrons. The largest absolute Gasteiger partial charge is 0.379 e. The molecule has 24 heavy (non-hydrogen) atoms. The molecular formula is C16H23N5O3. The maximum atomic E-state index is 12.4. The molecule has 3 rings (SSSR count). The minimum Gasteiger partial charge on any atom is -0.379 e. The summed E-state index contributed by atoms with van der Waals surface area (Å²) < 4.78 is 5.77. The van der Waals surface area contributed by atoms with Crippen LogP contribution < -0.4 is 10.2 Å². The number of carbonyl (C=O) groups is 2. The molecule has 1 unspecified atom stereocenters. The van der Waals surface area contributed by atoms with Gasteiger partial charge in [-0.25, -0.2) is 9.97 Å². The van der Waals surface area contributed by atoms with Gasteiger partial charge in [-0.05, 0) is 12.5 Å². The van der Waals surface area contributed by atoms with Gasteiger partial charge >= 0.3 is 0 Å². The third kappa shape index (κ3) is 3.81.